The molecule has 1 aromatic heterocycles. The molecule has 1 atom stereocenters. The molecule has 0 spiro atoms. The van der Waals surface area contributed by atoms with Crippen molar-refractivity contribution in [1.82, 2.24) is 24.6 Å². The highest BCUT2D eigenvalue weighted by molar-refractivity contribution is 7.89. The van der Waals surface area contributed by atoms with Crippen molar-refractivity contribution in [2.75, 3.05) is 52.9 Å². The number of piperidine rings is 1. The fourth-order valence-electron chi connectivity index (χ4n) is 3.88. The summed E-state index contributed by atoms with van der Waals surface area (Å²) in [6.07, 6.45) is 2.22. The number of sulfonamides is 1. The van der Waals surface area contributed by atoms with E-state index < -0.39 is 10.0 Å². The molecule has 0 radical (unpaired) electrons. The van der Waals surface area contributed by atoms with Gasteiger partial charge >= 0.3 is 0 Å². The van der Waals surface area contributed by atoms with Crippen LogP contribution in [-0.4, -0.2) is 92.5 Å². The van der Waals surface area contributed by atoms with Gasteiger partial charge in [-0.25, -0.2) is 8.42 Å². The van der Waals surface area contributed by atoms with Crippen LogP contribution in [0, 0.1) is 13.8 Å². The molecule has 2 aliphatic heterocycles. The van der Waals surface area contributed by atoms with E-state index in [1.54, 1.807) is 18.7 Å². The van der Waals surface area contributed by atoms with Crippen molar-refractivity contribution in [3.63, 3.8) is 0 Å². The first-order valence-electron chi connectivity index (χ1n) is 9.43. The van der Waals surface area contributed by atoms with Crippen molar-refractivity contribution in [3.8, 4) is 0 Å². The molecular weight excluding hydrogens is 406 g/mol. The van der Waals surface area contributed by atoms with E-state index in [1.807, 2.05) is 7.05 Å². The van der Waals surface area contributed by atoms with Crippen molar-refractivity contribution in [2.45, 2.75) is 37.6 Å². The van der Waals surface area contributed by atoms with E-state index in [-0.39, 0.29) is 36.3 Å². The predicted molar refractivity (Wildman–Crippen MR) is 107 cm³/mol. The number of piperazine rings is 1. The molecular formula is C17H30ClN5O4S. The minimum absolute atomic E-state index is 0. The number of rotatable bonds is 5. The Labute approximate surface area is 172 Å². The number of hydrogen-bond acceptors (Lipinski definition) is 7. The number of nitrogens with zero attached hydrogens (tertiary/aromatic N) is 4. The molecule has 0 aromatic carbocycles. The Balaban J connectivity index is 0.00000280. The van der Waals surface area contributed by atoms with Crippen LogP contribution in [0.1, 0.15) is 24.3 Å². The van der Waals surface area contributed by atoms with E-state index in [0.717, 1.165) is 25.9 Å². The highest BCUT2D eigenvalue weighted by atomic mass is 35.5. The maximum atomic E-state index is 12.9. The minimum atomic E-state index is -3.65. The maximum Gasteiger partial charge on any atom is 0.248 e. The number of aryl methyl sites for hydroxylation is 2. The molecule has 2 aliphatic rings. The molecule has 0 saturated carbocycles. The summed E-state index contributed by atoms with van der Waals surface area (Å²) < 4.78 is 32.1. The quantitative estimate of drug-likeness (QED) is 0.706. The summed E-state index contributed by atoms with van der Waals surface area (Å²) in [5.74, 6) is 0.372. The van der Waals surface area contributed by atoms with Crippen LogP contribution in [0.3, 0.4) is 0 Å². The second-order valence-corrected chi connectivity index (χ2v) is 9.18. The molecule has 11 heteroatoms. The van der Waals surface area contributed by atoms with Crippen molar-refractivity contribution in [2.24, 2.45) is 0 Å². The van der Waals surface area contributed by atoms with Crippen LogP contribution in [-0.2, 0) is 14.8 Å². The number of halogens is 1. The van der Waals surface area contributed by atoms with Gasteiger partial charge in [-0.3, -0.25) is 9.69 Å². The molecule has 2 saturated heterocycles. The number of carbonyl (C=O) groups excluding carboxylic acids is 1. The van der Waals surface area contributed by atoms with Crippen LogP contribution in [0.5, 0.6) is 0 Å². The van der Waals surface area contributed by atoms with Crippen molar-refractivity contribution >= 4 is 28.3 Å². The molecule has 3 heterocycles. The van der Waals surface area contributed by atoms with Crippen molar-refractivity contribution in [3.05, 3.63) is 11.5 Å². The number of likely N-dealkylation sites (N-methyl/N-ethyl adjacent to an activating group) is 1. The predicted octanol–water partition coefficient (Wildman–Crippen LogP) is 0.230. The molecule has 9 nitrogen and oxygen atoms in total. The molecule has 3 rings (SSSR count). The number of aromatic nitrogens is 1. The van der Waals surface area contributed by atoms with E-state index >= 15 is 0 Å². The normalized spacial score (nSPS) is 22.1. The van der Waals surface area contributed by atoms with Crippen LogP contribution in [0.25, 0.3) is 0 Å². The van der Waals surface area contributed by atoms with Gasteiger partial charge in [0.15, 0.2) is 5.76 Å². The Morgan fingerprint density at radius 2 is 1.89 bits per heavy atom. The van der Waals surface area contributed by atoms with Crippen LogP contribution in [0.4, 0.5) is 0 Å². The third kappa shape index (κ3) is 4.85. The Hall–Kier alpha value is -1.20. The zero-order chi connectivity index (χ0) is 19.6. The average molecular weight is 436 g/mol. The second-order valence-electron chi connectivity index (χ2n) is 7.30. The smallest absolute Gasteiger partial charge is 0.248 e. The molecule has 1 aromatic rings. The monoisotopic (exact) mass is 435 g/mol. The Morgan fingerprint density at radius 1 is 1.21 bits per heavy atom. The molecule has 1 unspecified atom stereocenters. The third-order valence-electron chi connectivity index (χ3n) is 5.43. The zero-order valence-corrected chi connectivity index (χ0v) is 18.3. The van der Waals surface area contributed by atoms with E-state index in [4.69, 9.17) is 4.52 Å². The maximum absolute atomic E-state index is 12.9. The fourth-order valence-corrected chi connectivity index (χ4v) is 5.59. The summed E-state index contributed by atoms with van der Waals surface area (Å²) in [6.45, 7) is 6.83. The van der Waals surface area contributed by atoms with E-state index in [1.165, 1.54) is 4.31 Å². The van der Waals surface area contributed by atoms with Crippen molar-refractivity contribution in [1.29, 1.82) is 0 Å². The largest absolute Gasteiger partial charge is 0.360 e. The second kappa shape index (κ2) is 9.53. The summed E-state index contributed by atoms with van der Waals surface area (Å²) in [7, 11) is -1.69. The zero-order valence-electron chi connectivity index (χ0n) is 16.7. The SMILES string of the molecule is CNC1CCCN(CC(=O)N2CCN(S(=O)(=O)c3c(C)noc3C)CC2)C1.Cl. The lowest BCUT2D eigenvalue weighted by Crippen LogP contribution is -2.54. The van der Waals surface area contributed by atoms with Gasteiger partial charge in [0.1, 0.15) is 10.6 Å². The molecule has 0 aliphatic carbocycles. The average Bonchev–Trinajstić information content (AvgIpc) is 3.01. The first-order valence-corrected chi connectivity index (χ1v) is 10.9. The minimum Gasteiger partial charge on any atom is -0.360 e. The van der Waals surface area contributed by atoms with Gasteiger partial charge in [-0.2, -0.15) is 4.31 Å². The summed E-state index contributed by atoms with van der Waals surface area (Å²) in [5.41, 5.74) is 0.371. The number of amides is 1. The van der Waals surface area contributed by atoms with Gasteiger partial charge in [0.25, 0.3) is 0 Å². The molecule has 160 valence electrons. The highest BCUT2D eigenvalue weighted by Gasteiger charge is 2.34. The molecule has 0 bridgehead atoms. The van der Waals surface area contributed by atoms with Gasteiger partial charge in [0, 0.05) is 38.8 Å². The molecule has 1 N–H and O–H groups in total. The van der Waals surface area contributed by atoms with Gasteiger partial charge in [0.2, 0.25) is 15.9 Å². The van der Waals surface area contributed by atoms with Crippen LogP contribution < -0.4 is 5.32 Å². The Morgan fingerprint density at radius 3 is 2.46 bits per heavy atom. The molecule has 2 fully saturated rings. The van der Waals surface area contributed by atoms with Crippen LogP contribution in [0.2, 0.25) is 0 Å². The summed E-state index contributed by atoms with van der Waals surface area (Å²) >= 11 is 0. The standard InChI is InChI=1S/C17H29N5O4S.ClH/c1-13-17(14(2)26-19-13)27(24,25)22-9-7-21(8-10-22)16(23)12-20-6-4-5-15(11-20)18-3;/h15,18H,4-12H2,1-3H3;1H. The van der Waals surface area contributed by atoms with E-state index in [2.05, 4.69) is 15.4 Å². The number of nitrogens with one attached hydrogen (secondary N) is 1. The lowest BCUT2D eigenvalue weighted by Gasteiger charge is -2.37. The number of carbonyl (C=O) groups is 1. The number of likely N-dealkylation sites (tertiary alicyclic amines) is 1. The lowest BCUT2D eigenvalue weighted by molar-refractivity contribution is -0.133. The summed E-state index contributed by atoms with van der Waals surface area (Å²) in [5, 5.41) is 7.02. The first kappa shape index (κ1) is 23.1. The van der Waals surface area contributed by atoms with Crippen LogP contribution >= 0.6 is 12.4 Å². The first-order chi connectivity index (χ1) is 12.8. The molecule has 28 heavy (non-hydrogen) atoms. The fraction of sp³-hybridized carbons (Fsp3) is 0.765. The Kier molecular flexibility index (Phi) is 7.86. The van der Waals surface area contributed by atoms with Crippen LogP contribution in [0.15, 0.2) is 9.42 Å². The van der Waals surface area contributed by atoms with Crippen molar-refractivity contribution < 1.29 is 17.7 Å². The summed E-state index contributed by atoms with van der Waals surface area (Å²) in [6, 6.07) is 0.434. The van der Waals surface area contributed by atoms with E-state index in [9.17, 15) is 13.2 Å². The molecule has 1 amide bonds. The highest BCUT2D eigenvalue weighted by Crippen LogP contribution is 2.24. The van der Waals surface area contributed by atoms with Gasteiger partial charge in [-0.1, -0.05) is 5.16 Å². The topological polar surface area (TPSA) is 99.0 Å². The lowest BCUT2D eigenvalue weighted by atomic mass is 10.1. The van der Waals surface area contributed by atoms with Gasteiger partial charge < -0.3 is 14.7 Å². The van der Waals surface area contributed by atoms with Gasteiger partial charge in [-0.15, -0.1) is 12.4 Å². The summed E-state index contributed by atoms with van der Waals surface area (Å²) in [4.78, 5) is 16.7. The van der Waals surface area contributed by atoms with Gasteiger partial charge in [0.05, 0.1) is 6.54 Å². The van der Waals surface area contributed by atoms with Gasteiger partial charge in [-0.05, 0) is 40.3 Å². The van der Waals surface area contributed by atoms with E-state index in [0.29, 0.717) is 37.1 Å². The number of hydrogen-bond donors (Lipinski definition) is 1. The third-order valence-corrected chi connectivity index (χ3v) is 7.57. The Bertz CT molecular complexity index is 757.